The molecule has 2 aromatic rings. The molecule has 6 nitrogen and oxygen atoms in total. The van der Waals surface area contributed by atoms with Crippen LogP contribution < -0.4 is 10.1 Å². The number of hydrogen-bond acceptors (Lipinski definition) is 6. The smallest absolute Gasteiger partial charge is 0.302 e. The van der Waals surface area contributed by atoms with Crippen LogP contribution in [-0.4, -0.2) is 45.8 Å². The number of halogens is 1. The minimum absolute atomic E-state index is 0.0956. The Hall–Kier alpha value is -2.86. The first-order valence-corrected chi connectivity index (χ1v) is 9.49. The van der Waals surface area contributed by atoms with Gasteiger partial charge < -0.3 is 19.6 Å². The predicted octanol–water partition coefficient (Wildman–Crippen LogP) is 4.63. The summed E-state index contributed by atoms with van der Waals surface area (Å²) in [5, 5.41) is 3.79. The normalized spacial score (nSPS) is 9.83. The van der Waals surface area contributed by atoms with Gasteiger partial charge in [0.2, 0.25) is 0 Å². The number of aliphatic imine (C=N–C) groups is 1. The van der Waals surface area contributed by atoms with Crippen LogP contribution >= 0.6 is 11.6 Å². The van der Waals surface area contributed by atoms with Gasteiger partial charge in [0, 0.05) is 35.8 Å². The van der Waals surface area contributed by atoms with E-state index in [2.05, 4.69) is 15.0 Å². The van der Waals surface area contributed by atoms with Crippen molar-refractivity contribution in [2.45, 2.75) is 20.8 Å². The van der Waals surface area contributed by atoms with E-state index in [1.54, 1.807) is 19.2 Å². The SMILES string of the molecule is CC.CNc1ccc(OC)cc1C(=NCC=O)c1ccc(Cl)cc1.COC(C)=O. The lowest BCUT2D eigenvalue weighted by Gasteiger charge is -2.14. The highest BCUT2D eigenvalue weighted by molar-refractivity contribution is 6.30. The summed E-state index contributed by atoms with van der Waals surface area (Å²) in [5.74, 6) is 0.478. The summed E-state index contributed by atoms with van der Waals surface area (Å²) in [6.07, 6.45) is 0.773. The highest BCUT2D eigenvalue weighted by Gasteiger charge is 2.12. The largest absolute Gasteiger partial charge is 0.497 e. The molecule has 0 saturated heterocycles. The Morgan fingerprint density at radius 3 is 2.17 bits per heavy atom. The lowest BCUT2D eigenvalue weighted by atomic mass is 10.00. The number of anilines is 1. The third kappa shape index (κ3) is 9.25. The molecule has 0 aliphatic carbocycles. The van der Waals surface area contributed by atoms with Crippen LogP contribution in [0.4, 0.5) is 5.69 Å². The number of ether oxygens (including phenoxy) is 2. The van der Waals surface area contributed by atoms with Crippen LogP contribution in [0.2, 0.25) is 5.02 Å². The molecule has 0 aliphatic rings. The van der Waals surface area contributed by atoms with E-state index in [-0.39, 0.29) is 12.5 Å². The molecule has 29 heavy (non-hydrogen) atoms. The van der Waals surface area contributed by atoms with Crippen molar-refractivity contribution in [3.05, 3.63) is 58.6 Å². The zero-order valence-electron chi connectivity index (χ0n) is 17.8. The van der Waals surface area contributed by atoms with Gasteiger partial charge >= 0.3 is 5.97 Å². The van der Waals surface area contributed by atoms with Crippen molar-refractivity contribution < 1.29 is 19.1 Å². The van der Waals surface area contributed by atoms with Crippen LogP contribution in [0, 0.1) is 0 Å². The molecule has 7 heteroatoms. The third-order valence-electron chi connectivity index (χ3n) is 3.48. The monoisotopic (exact) mass is 420 g/mol. The molecule has 0 amide bonds. The second-order valence-corrected chi connectivity index (χ2v) is 5.66. The minimum atomic E-state index is -0.245. The molecule has 2 rings (SSSR count). The molecule has 158 valence electrons. The zero-order chi connectivity index (χ0) is 22.2. The Kier molecular flexibility index (Phi) is 13.6. The first-order chi connectivity index (χ1) is 14.0. The Morgan fingerprint density at radius 2 is 1.72 bits per heavy atom. The molecule has 2 aromatic carbocycles. The topological polar surface area (TPSA) is 77.0 Å². The molecular formula is C22H29ClN2O4. The van der Waals surface area contributed by atoms with Crippen LogP contribution in [0.25, 0.3) is 0 Å². The van der Waals surface area contributed by atoms with Crippen LogP contribution in [0.5, 0.6) is 5.75 Å². The van der Waals surface area contributed by atoms with Crippen LogP contribution in [0.15, 0.2) is 47.5 Å². The van der Waals surface area contributed by atoms with Gasteiger partial charge in [-0.15, -0.1) is 0 Å². The van der Waals surface area contributed by atoms with E-state index in [1.165, 1.54) is 14.0 Å². The third-order valence-corrected chi connectivity index (χ3v) is 3.73. The van der Waals surface area contributed by atoms with Crippen LogP contribution in [0.1, 0.15) is 31.9 Å². The van der Waals surface area contributed by atoms with Gasteiger partial charge in [0.25, 0.3) is 0 Å². The first kappa shape index (κ1) is 26.1. The van der Waals surface area contributed by atoms with E-state index in [0.29, 0.717) is 10.7 Å². The number of hydrogen-bond donors (Lipinski definition) is 1. The standard InChI is InChI=1S/C17H17ClN2O2.C3H6O2.C2H6/c1-19-16-8-7-14(22-2)11-15(16)17(20-9-10-21)12-3-5-13(18)6-4-12;1-3(4)5-2;1-2/h3-8,10-11,19H,9H2,1-2H3;1-2H3;1-2H3. The van der Waals surface area contributed by atoms with Gasteiger partial charge in [-0.2, -0.15) is 0 Å². The molecule has 0 aliphatic heterocycles. The number of carbonyl (C=O) groups excluding carboxylic acids is 2. The van der Waals surface area contributed by atoms with E-state index in [1.807, 2.05) is 51.2 Å². The molecular weight excluding hydrogens is 392 g/mol. The van der Waals surface area contributed by atoms with Crippen molar-refractivity contribution in [1.29, 1.82) is 0 Å². The number of aldehydes is 1. The number of benzene rings is 2. The molecule has 1 N–H and O–H groups in total. The molecule has 0 unspecified atom stereocenters. The van der Waals surface area contributed by atoms with Crippen molar-refractivity contribution in [2.24, 2.45) is 4.99 Å². The summed E-state index contributed by atoms with van der Waals surface area (Å²) in [5.41, 5.74) is 3.37. The van der Waals surface area contributed by atoms with Crippen LogP contribution in [-0.2, 0) is 14.3 Å². The van der Waals surface area contributed by atoms with Gasteiger partial charge in [-0.1, -0.05) is 37.6 Å². The van der Waals surface area contributed by atoms with Crippen LogP contribution in [0.3, 0.4) is 0 Å². The first-order valence-electron chi connectivity index (χ1n) is 9.11. The van der Waals surface area contributed by atoms with Crippen molar-refractivity contribution in [1.82, 2.24) is 0 Å². The highest BCUT2D eigenvalue weighted by atomic mass is 35.5. The minimum Gasteiger partial charge on any atom is -0.497 e. The van der Waals surface area contributed by atoms with Crippen molar-refractivity contribution in [3.8, 4) is 5.75 Å². The van der Waals surface area contributed by atoms with E-state index in [0.717, 1.165) is 28.8 Å². The molecule has 0 aromatic heterocycles. The van der Waals surface area contributed by atoms with Gasteiger partial charge in [0.15, 0.2) is 0 Å². The molecule has 0 atom stereocenters. The van der Waals surface area contributed by atoms with Gasteiger partial charge in [-0.05, 0) is 30.3 Å². The van der Waals surface area contributed by atoms with Gasteiger partial charge in [-0.3, -0.25) is 9.79 Å². The maximum Gasteiger partial charge on any atom is 0.302 e. The molecule has 0 heterocycles. The summed E-state index contributed by atoms with van der Waals surface area (Å²) in [7, 11) is 4.80. The predicted molar refractivity (Wildman–Crippen MR) is 120 cm³/mol. The molecule has 0 fully saturated rings. The van der Waals surface area contributed by atoms with E-state index in [4.69, 9.17) is 16.3 Å². The molecule has 0 saturated carbocycles. The average molecular weight is 421 g/mol. The summed E-state index contributed by atoms with van der Waals surface area (Å²) in [6.45, 7) is 5.46. The number of rotatable bonds is 6. The lowest BCUT2D eigenvalue weighted by Crippen LogP contribution is -2.09. The summed E-state index contributed by atoms with van der Waals surface area (Å²) >= 11 is 5.94. The lowest BCUT2D eigenvalue weighted by molar-refractivity contribution is -0.137. The zero-order valence-corrected chi connectivity index (χ0v) is 18.5. The maximum atomic E-state index is 10.7. The number of nitrogens with zero attached hydrogens (tertiary/aromatic N) is 1. The van der Waals surface area contributed by atoms with Crippen molar-refractivity contribution in [3.63, 3.8) is 0 Å². The fraction of sp³-hybridized carbons (Fsp3) is 0.318. The highest BCUT2D eigenvalue weighted by Crippen LogP contribution is 2.25. The fourth-order valence-corrected chi connectivity index (χ4v) is 2.26. The Labute approximate surface area is 177 Å². The maximum absolute atomic E-state index is 10.7. The van der Waals surface area contributed by atoms with Gasteiger partial charge in [-0.25, -0.2) is 0 Å². The quantitative estimate of drug-likeness (QED) is 0.418. The van der Waals surface area contributed by atoms with E-state index >= 15 is 0 Å². The molecule has 0 spiro atoms. The number of carbonyl (C=O) groups is 2. The Morgan fingerprint density at radius 1 is 1.14 bits per heavy atom. The second-order valence-electron chi connectivity index (χ2n) is 5.22. The average Bonchev–Trinajstić information content (AvgIpc) is 2.76. The van der Waals surface area contributed by atoms with Gasteiger partial charge in [0.1, 0.15) is 12.0 Å². The second kappa shape index (κ2) is 15.1. The Bertz CT molecular complexity index is 790. The van der Waals surface area contributed by atoms with Crippen molar-refractivity contribution >= 4 is 35.3 Å². The number of esters is 1. The molecule has 0 bridgehead atoms. The number of nitrogens with one attached hydrogen (secondary N) is 1. The van der Waals surface area contributed by atoms with E-state index < -0.39 is 0 Å². The van der Waals surface area contributed by atoms with Gasteiger partial charge in [0.05, 0.1) is 26.5 Å². The summed E-state index contributed by atoms with van der Waals surface area (Å²) in [6, 6.07) is 13.0. The fourth-order valence-electron chi connectivity index (χ4n) is 2.13. The Balaban J connectivity index is 0.000000977. The summed E-state index contributed by atoms with van der Waals surface area (Å²) in [4.78, 5) is 24.7. The number of methoxy groups -OCH3 is 2. The van der Waals surface area contributed by atoms with E-state index in [9.17, 15) is 9.59 Å². The molecule has 0 radical (unpaired) electrons. The summed E-state index contributed by atoms with van der Waals surface area (Å²) < 4.78 is 9.40. The van der Waals surface area contributed by atoms with Crippen molar-refractivity contribution in [2.75, 3.05) is 33.1 Å².